The quantitative estimate of drug-likeness (QED) is 0.485. The number of nitro benzene ring substituents is 1. The number of para-hydroxylation sites is 1. The highest BCUT2D eigenvalue weighted by atomic mass is 16.6. The lowest BCUT2D eigenvalue weighted by Crippen LogP contribution is -2.07. The Bertz CT molecular complexity index is 685. The molecule has 0 amide bonds. The number of carbonyl (C=O) groups is 1. The van der Waals surface area contributed by atoms with Crippen LogP contribution in [-0.4, -0.2) is 10.7 Å². The molecule has 0 radical (unpaired) electrons. The van der Waals surface area contributed by atoms with Crippen LogP contribution < -0.4 is 0 Å². The first-order valence-corrected chi connectivity index (χ1v) is 6.24. The number of hydrogen-bond acceptors (Lipinski definition) is 4. The zero-order valence-electron chi connectivity index (χ0n) is 11.6. The molecule has 5 nitrogen and oxygen atoms in total. The molecule has 0 spiro atoms. The second kappa shape index (κ2) is 5.28. The Morgan fingerprint density at radius 2 is 1.85 bits per heavy atom. The van der Waals surface area contributed by atoms with Crippen LogP contribution >= 0.6 is 0 Å². The van der Waals surface area contributed by atoms with Gasteiger partial charge in [-0.2, -0.15) is 0 Å². The molecule has 0 unspecified atom stereocenters. The lowest BCUT2D eigenvalue weighted by Gasteiger charge is -2.03. The van der Waals surface area contributed by atoms with Gasteiger partial charge in [0, 0.05) is 23.6 Å². The zero-order valence-corrected chi connectivity index (χ0v) is 11.6. The minimum atomic E-state index is -0.469. The molecule has 0 aliphatic heterocycles. The van der Waals surface area contributed by atoms with Crippen molar-refractivity contribution >= 4 is 11.5 Å². The van der Waals surface area contributed by atoms with Gasteiger partial charge < -0.3 is 4.42 Å². The van der Waals surface area contributed by atoms with Crippen LogP contribution in [0.25, 0.3) is 0 Å². The molecule has 0 aliphatic rings. The predicted octanol–water partition coefficient (Wildman–Crippen LogP) is 3.54. The predicted molar refractivity (Wildman–Crippen MR) is 74.0 cm³/mol. The Morgan fingerprint density at radius 3 is 2.40 bits per heavy atom. The van der Waals surface area contributed by atoms with Crippen molar-refractivity contribution < 1.29 is 14.1 Å². The van der Waals surface area contributed by atoms with Gasteiger partial charge in [-0.25, -0.2) is 0 Å². The number of furan rings is 1. The molecule has 0 N–H and O–H groups in total. The average Bonchev–Trinajstić information content (AvgIpc) is 2.63. The summed E-state index contributed by atoms with van der Waals surface area (Å²) in [4.78, 5) is 22.8. The van der Waals surface area contributed by atoms with Gasteiger partial charge in [-0.3, -0.25) is 14.9 Å². The molecule has 5 heteroatoms. The lowest BCUT2D eigenvalue weighted by atomic mass is 9.99. The SMILES string of the molecule is Cc1oc(C)c(C(=O)Cc2ccccc2[N+](=O)[O-])c1C. The van der Waals surface area contributed by atoms with E-state index in [1.54, 1.807) is 32.0 Å². The molecule has 0 bridgehead atoms. The van der Waals surface area contributed by atoms with Gasteiger partial charge in [-0.15, -0.1) is 0 Å². The third-order valence-corrected chi connectivity index (χ3v) is 3.38. The molecule has 0 saturated carbocycles. The molecule has 2 aromatic rings. The molecular formula is C15H15NO4. The summed E-state index contributed by atoms with van der Waals surface area (Å²) < 4.78 is 5.43. The first kappa shape index (κ1) is 14.0. The Kier molecular flexibility index (Phi) is 3.70. The first-order valence-electron chi connectivity index (χ1n) is 6.24. The highest BCUT2D eigenvalue weighted by Crippen LogP contribution is 2.25. The number of rotatable bonds is 4. The Labute approximate surface area is 116 Å². The van der Waals surface area contributed by atoms with Crippen LogP contribution in [0.15, 0.2) is 28.7 Å². The molecule has 0 fully saturated rings. The molecular weight excluding hydrogens is 258 g/mol. The first-order chi connectivity index (χ1) is 9.41. The van der Waals surface area contributed by atoms with E-state index in [1.165, 1.54) is 6.07 Å². The highest BCUT2D eigenvalue weighted by Gasteiger charge is 2.22. The van der Waals surface area contributed by atoms with Crippen molar-refractivity contribution in [2.45, 2.75) is 27.2 Å². The second-order valence-corrected chi connectivity index (χ2v) is 4.70. The number of benzene rings is 1. The van der Waals surface area contributed by atoms with E-state index in [4.69, 9.17) is 4.42 Å². The van der Waals surface area contributed by atoms with Crippen molar-refractivity contribution in [3.8, 4) is 0 Å². The van der Waals surface area contributed by atoms with E-state index < -0.39 is 4.92 Å². The van der Waals surface area contributed by atoms with Gasteiger partial charge in [-0.1, -0.05) is 18.2 Å². The molecule has 0 saturated heterocycles. The number of ketones is 1. The van der Waals surface area contributed by atoms with Crippen molar-refractivity contribution in [3.63, 3.8) is 0 Å². The fraction of sp³-hybridized carbons (Fsp3) is 0.267. The maximum atomic E-state index is 12.4. The number of carbonyl (C=O) groups excluding carboxylic acids is 1. The summed E-state index contributed by atoms with van der Waals surface area (Å²) in [5.74, 6) is 1.10. The van der Waals surface area contributed by atoms with E-state index in [1.807, 2.05) is 6.92 Å². The zero-order chi connectivity index (χ0) is 14.9. The van der Waals surface area contributed by atoms with E-state index in [9.17, 15) is 14.9 Å². The van der Waals surface area contributed by atoms with Gasteiger partial charge in [0.05, 0.1) is 10.5 Å². The third-order valence-electron chi connectivity index (χ3n) is 3.38. The smallest absolute Gasteiger partial charge is 0.273 e. The summed E-state index contributed by atoms with van der Waals surface area (Å²) in [6.07, 6.45) is -0.00218. The highest BCUT2D eigenvalue weighted by molar-refractivity contribution is 6.00. The maximum absolute atomic E-state index is 12.4. The minimum absolute atomic E-state index is 0.00218. The van der Waals surface area contributed by atoms with Crippen molar-refractivity contribution in [3.05, 3.63) is 62.6 Å². The molecule has 1 aromatic heterocycles. The number of Topliss-reactive ketones (excluding diaryl/α,β-unsaturated/α-hetero) is 1. The molecule has 0 atom stereocenters. The molecule has 1 heterocycles. The lowest BCUT2D eigenvalue weighted by molar-refractivity contribution is -0.385. The second-order valence-electron chi connectivity index (χ2n) is 4.70. The number of nitrogens with zero attached hydrogens (tertiary/aromatic N) is 1. The van der Waals surface area contributed by atoms with Gasteiger partial charge in [-0.05, 0) is 20.8 Å². The van der Waals surface area contributed by atoms with Crippen LogP contribution in [0.5, 0.6) is 0 Å². The van der Waals surface area contributed by atoms with Crippen LogP contribution in [-0.2, 0) is 6.42 Å². The molecule has 20 heavy (non-hydrogen) atoms. The van der Waals surface area contributed by atoms with Crippen molar-refractivity contribution in [1.29, 1.82) is 0 Å². The number of nitro groups is 1. The van der Waals surface area contributed by atoms with E-state index >= 15 is 0 Å². The van der Waals surface area contributed by atoms with Gasteiger partial charge in [0.2, 0.25) is 0 Å². The van der Waals surface area contributed by atoms with Gasteiger partial charge >= 0.3 is 0 Å². The topological polar surface area (TPSA) is 73.3 Å². The Hall–Kier alpha value is -2.43. The molecule has 104 valence electrons. The van der Waals surface area contributed by atoms with Crippen LogP contribution in [0.1, 0.15) is 33.0 Å². The normalized spacial score (nSPS) is 10.6. The van der Waals surface area contributed by atoms with Crippen LogP contribution in [0.3, 0.4) is 0 Å². The van der Waals surface area contributed by atoms with Crippen LogP contribution in [0, 0.1) is 30.9 Å². The summed E-state index contributed by atoms with van der Waals surface area (Å²) in [6.45, 7) is 5.34. The average molecular weight is 273 g/mol. The summed E-state index contributed by atoms with van der Waals surface area (Å²) in [5.41, 5.74) is 1.71. The van der Waals surface area contributed by atoms with Crippen LogP contribution in [0.2, 0.25) is 0 Å². The van der Waals surface area contributed by atoms with Crippen molar-refractivity contribution in [2.24, 2.45) is 0 Å². The van der Waals surface area contributed by atoms with E-state index in [0.717, 1.165) is 5.56 Å². The molecule has 2 rings (SSSR count). The fourth-order valence-electron chi connectivity index (χ4n) is 2.30. The Balaban J connectivity index is 2.36. The van der Waals surface area contributed by atoms with Crippen LogP contribution in [0.4, 0.5) is 5.69 Å². The molecule has 0 aliphatic carbocycles. The summed E-state index contributed by atoms with van der Waals surface area (Å²) in [5, 5.41) is 11.0. The summed E-state index contributed by atoms with van der Waals surface area (Å²) >= 11 is 0. The fourth-order valence-corrected chi connectivity index (χ4v) is 2.30. The summed E-state index contributed by atoms with van der Waals surface area (Å²) in [6, 6.07) is 6.29. The van der Waals surface area contributed by atoms with E-state index in [-0.39, 0.29) is 17.9 Å². The third kappa shape index (κ3) is 2.47. The Morgan fingerprint density at radius 1 is 1.20 bits per heavy atom. The van der Waals surface area contributed by atoms with Crippen molar-refractivity contribution in [1.82, 2.24) is 0 Å². The summed E-state index contributed by atoms with van der Waals surface area (Å²) in [7, 11) is 0. The van der Waals surface area contributed by atoms with E-state index in [2.05, 4.69) is 0 Å². The number of hydrogen-bond donors (Lipinski definition) is 0. The minimum Gasteiger partial charge on any atom is -0.466 e. The van der Waals surface area contributed by atoms with Gasteiger partial charge in [0.15, 0.2) is 5.78 Å². The number of aryl methyl sites for hydroxylation is 2. The van der Waals surface area contributed by atoms with Gasteiger partial charge in [0.1, 0.15) is 11.5 Å². The van der Waals surface area contributed by atoms with Crippen molar-refractivity contribution in [2.75, 3.05) is 0 Å². The van der Waals surface area contributed by atoms with E-state index in [0.29, 0.717) is 22.6 Å². The maximum Gasteiger partial charge on any atom is 0.273 e. The standard InChI is InChI=1S/C15H15NO4/c1-9-10(2)20-11(3)15(9)14(17)8-12-6-4-5-7-13(12)16(18)19/h4-7H,8H2,1-3H3. The largest absolute Gasteiger partial charge is 0.466 e. The molecule has 1 aromatic carbocycles. The monoisotopic (exact) mass is 273 g/mol. The van der Waals surface area contributed by atoms with Gasteiger partial charge in [0.25, 0.3) is 5.69 Å².